The molecular formula is C18H19F2N3O2. The largest absolute Gasteiger partial charge is 0.391 e. The van der Waals surface area contributed by atoms with Crippen molar-refractivity contribution in [3.8, 4) is 0 Å². The van der Waals surface area contributed by atoms with Gasteiger partial charge in [0.1, 0.15) is 11.6 Å². The SMILES string of the molecule is O=C(c1cnn2c1CCCC2)N1C[C@@H](O)C[C@H]1c1cc(F)ccc1F. The Kier molecular flexibility index (Phi) is 4.03. The van der Waals surface area contributed by atoms with Crippen molar-refractivity contribution >= 4 is 5.91 Å². The van der Waals surface area contributed by atoms with Gasteiger partial charge in [-0.15, -0.1) is 0 Å². The lowest BCUT2D eigenvalue weighted by molar-refractivity contribution is 0.0712. The summed E-state index contributed by atoms with van der Waals surface area (Å²) in [5.74, 6) is -1.42. The van der Waals surface area contributed by atoms with Crippen LogP contribution in [-0.4, -0.2) is 38.3 Å². The smallest absolute Gasteiger partial charge is 0.257 e. The third-order valence-electron chi connectivity index (χ3n) is 5.07. The minimum Gasteiger partial charge on any atom is -0.391 e. The molecular weight excluding hydrogens is 328 g/mol. The van der Waals surface area contributed by atoms with Gasteiger partial charge >= 0.3 is 0 Å². The fraction of sp³-hybridized carbons (Fsp3) is 0.444. The van der Waals surface area contributed by atoms with Crippen molar-refractivity contribution in [3.05, 3.63) is 52.9 Å². The van der Waals surface area contributed by atoms with Crippen molar-refractivity contribution in [3.63, 3.8) is 0 Å². The number of carbonyl (C=O) groups is 1. The highest BCUT2D eigenvalue weighted by atomic mass is 19.1. The Bertz CT molecular complexity index is 821. The van der Waals surface area contributed by atoms with E-state index in [4.69, 9.17) is 0 Å². The average molecular weight is 347 g/mol. The molecule has 1 N–H and O–H groups in total. The maximum absolute atomic E-state index is 14.2. The highest BCUT2D eigenvalue weighted by Gasteiger charge is 2.38. The molecule has 2 aliphatic rings. The number of rotatable bonds is 2. The highest BCUT2D eigenvalue weighted by Crippen LogP contribution is 2.35. The fourth-order valence-corrected chi connectivity index (χ4v) is 3.86. The van der Waals surface area contributed by atoms with Gasteiger partial charge < -0.3 is 10.0 Å². The number of amides is 1. The van der Waals surface area contributed by atoms with Crippen molar-refractivity contribution in [2.24, 2.45) is 0 Å². The number of aryl methyl sites for hydroxylation is 1. The van der Waals surface area contributed by atoms with E-state index >= 15 is 0 Å². The topological polar surface area (TPSA) is 58.4 Å². The molecule has 5 nitrogen and oxygen atoms in total. The number of likely N-dealkylation sites (tertiary alicyclic amines) is 1. The average Bonchev–Trinajstić information content (AvgIpc) is 3.20. The van der Waals surface area contributed by atoms with E-state index in [2.05, 4.69) is 5.10 Å². The van der Waals surface area contributed by atoms with E-state index in [0.717, 1.165) is 49.7 Å². The Balaban J connectivity index is 1.69. The van der Waals surface area contributed by atoms with Gasteiger partial charge in [0, 0.05) is 18.7 Å². The van der Waals surface area contributed by atoms with Gasteiger partial charge in [-0.25, -0.2) is 8.78 Å². The second kappa shape index (κ2) is 6.22. The van der Waals surface area contributed by atoms with Gasteiger partial charge in [-0.2, -0.15) is 5.10 Å². The Morgan fingerprint density at radius 1 is 1.28 bits per heavy atom. The van der Waals surface area contributed by atoms with Crippen molar-refractivity contribution in [2.75, 3.05) is 6.54 Å². The second-order valence-electron chi connectivity index (χ2n) is 6.71. The van der Waals surface area contributed by atoms with Crippen LogP contribution in [0.1, 0.15) is 46.9 Å². The molecule has 0 unspecified atom stereocenters. The first-order valence-corrected chi connectivity index (χ1v) is 8.53. The first-order chi connectivity index (χ1) is 12.0. The van der Waals surface area contributed by atoms with E-state index in [1.165, 1.54) is 4.90 Å². The number of benzene rings is 1. The Morgan fingerprint density at radius 2 is 2.12 bits per heavy atom. The van der Waals surface area contributed by atoms with E-state index in [-0.39, 0.29) is 24.4 Å². The fourth-order valence-electron chi connectivity index (χ4n) is 3.86. The van der Waals surface area contributed by atoms with Crippen LogP contribution in [0.4, 0.5) is 8.78 Å². The molecule has 4 rings (SSSR count). The lowest BCUT2D eigenvalue weighted by atomic mass is 10.0. The predicted molar refractivity (Wildman–Crippen MR) is 85.9 cm³/mol. The number of fused-ring (bicyclic) bond motifs is 1. The maximum Gasteiger partial charge on any atom is 0.257 e. The molecule has 3 heterocycles. The van der Waals surface area contributed by atoms with Crippen LogP contribution in [0.2, 0.25) is 0 Å². The van der Waals surface area contributed by atoms with Crippen LogP contribution in [0.3, 0.4) is 0 Å². The number of aliphatic hydroxyl groups is 1. The molecule has 132 valence electrons. The lowest BCUT2D eigenvalue weighted by Gasteiger charge is -2.25. The molecule has 1 aromatic heterocycles. The van der Waals surface area contributed by atoms with Gasteiger partial charge in [-0.05, 0) is 43.9 Å². The summed E-state index contributed by atoms with van der Waals surface area (Å²) in [6.45, 7) is 0.886. The summed E-state index contributed by atoms with van der Waals surface area (Å²) >= 11 is 0. The summed E-state index contributed by atoms with van der Waals surface area (Å²) in [7, 11) is 0. The number of halogens is 2. The summed E-state index contributed by atoms with van der Waals surface area (Å²) in [4.78, 5) is 14.5. The summed E-state index contributed by atoms with van der Waals surface area (Å²) in [5, 5.41) is 14.3. The third kappa shape index (κ3) is 2.82. The zero-order chi connectivity index (χ0) is 17.6. The highest BCUT2D eigenvalue weighted by molar-refractivity contribution is 5.95. The van der Waals surface area contributed by atoms with Crippen molar-refractivity contribution in [1.82, 2.24) is 14.7 Å². The zero-order valence-corrected chi connectivity index (χ0v) is 13.7. The monoisotopic (exact) mass is 347 g/mol. The van der Waals surface area contributed by atoms with Crippen molar-refractivity contribution in [2.45, 2.75) is 44.4 Å². The van der Waals surface area contributed by atoms with Crippen LogP contribution in [0, 0.1) is 11.6 Å². The summed E-state index contributed by atoms with van der Waals surface area (Å²) in [5.41, 5.74) is 1.48. The Morgan fingerprint density at radius 3 is 2.96 bits per heavy atom. The summed E-state index contributed by atoms with van der Waals surface area (Å²) < 4.78 is 29.6. The molecule has 0 bridgehead atoms. The normalized spacial score (nSPS) is 22.9. The zero-order valence-electron chi connectivity index (χ0n) is 13.7. The Labute approximate surface area is 143 Å². The molecule has 0 spiro atoms. The molecule has 2 aliphatic heterocycles. The van der Waals surface area contributed by atoms with Gasteiger partial charge in [0.05, 0.1) is 29.6 Å². The van der Waals surface area contributed by atoms with E-state index in [0.29, 0.717) is 5.56 Å². The number of hydrogen-bond donors (Lipinski definition) is 1. The molecule has 1 saturated heterocycles. The number of carbonyl (C=O) groups excluding carboxylic acids is 1. The molecule has 2 aromatic rings. The van der Waals surface area contributed by atoms with Crippen LogP contribution < -0.4 is 0 Å². The molecule has 25 heavy (non-hydrogen) atoms. The number of hydrogen-bond acceptors (Lipinski definition) is 3. The molecule has 0 saturated carbocycles. The van der Waals surface area contributed by atoms with Gasteiger partial charge in [0.2, 0.25) is 0 Å². The maximum atomic E-state index is 14.2. The summed E-state index contributed by atoms with van der Waals surface area (Å²) in [6.07, 6.45) is 3.78. The number of aromatic nitrogens is 2. The van der Waals surface area contributed by atoms with Gasteiger partial charge in [-0.3, -0.25) is 9.48 Å². The third-order valence-corrected chi connectivity index (χ3v) is 5.07. The first-order valence-electron chi connectivity index (χ1n) is 8.53. The minimum absolute atomic E-state index is 0.101. The molecule has 1 amide bonds. The van der Waals surface area contributed by atoms with Gasteiger partial charge in [0.25, 0.3) is 5.91 Å². The van der Waals surface area contributed by atoms with E-state index in [1.807, 2.05) is 4.68 Å². The number of aliphatic hydroxyl groups excluding tert-OH is 1. The van der Waals surface area contributed by atoms with Crippen LogP contribution in [-0.2, 0) is 13.0 Å². The standard InChI is InChI=1S/C18H19F2N3O2/c19-11-4-5-15(20)13(7-11)17-8-12(24)10-22(17)18(25)14-9-21-23-6-2-1-3-16(14)23/h4-5,7,9,12,17,24H,1-3,6,8,10H2/t12-,17-/m0/s1. The van der Waals surface area contributed by atoms with E-state index < -0.39 is 23.8 Å². The molecule has 7 heteroatoms. The first kappa shape index (κ1) is 16.2. The molecule has 0 aliphatic carbocycles. The summed E-state index contributed by atoms with van der Waals surface area (Å²) in [6, 6.07) is 2.52. The van der Waals surface area contributed by atoms with Crippen LogP contribution in [0.15, 0.2) is 24.4 Å². The van der Waals surface area contributed by atoms with E-state index in [9.17, 15) is 18.7 Å². The molecule has 1 aromatic carbocycles. The van der Waals surface area contributed by atoms with E-state index in [1.54, 1.807) is 6.20 Å². The minimum atomic E-state index is -0.761. The van der Waals surface area contributed by atoms with Crippen LogP contribution >= 0.6 is 0 Å². The number of nitrogens with zero attached hydrogens (tertiary/aromatic N) is 3. The molecule has 1 fully saturated rings. The second-order valence-corrected chi connectivity index (χ2v) is 6.71. The Hall–Kier alpha value is -2.28. The van der Waals surface area contributed by atoms with Gasteiger partial charge in [-0.1, -0.05) is 0 Å². The predicted octanol–water partition coefficient (Wildman–Crippen LogP) is 2.45. The van der Waals surface area contributed by atoms with Gasteiger partial charge in [0.15, 0.2) is 0 Å². The van der Waals surface area contributed by atoms with Crippen LogP contribution in [0.25, 0.3) is 0 Å². The van der Waals surface area contributed by atoms with Crippen LogP contribution in [0.5, 0.6) is 0 Å². The van der Waals surface area contributed by atoms with Crippen molar-refractivity contribution in [1.29, 1.82) is 0 Å². The molecule has 0 radical (unpaired) electrons. The van der Waals surface area contributed by atoms with Crippen molar-refractivity contribution < 1.29 is 18.7 Å². The molecule has 2 atom stereocenters. The number of β-amino-alcohol motifs (C(OH)–C–C–N with tert-alkyl or cyclic N) is 1. The quantitative estimate of drug-likeness (QED) is 0.908. The lowest BCUT2D eigenvalue weighted by Crippen LogP contribution is -2.33.